The first-order valence-corrected chi connectivity index (χ1v) is 8.26. The molecule has 1 unspecified atom stereocenters. The zero-order chi connectivity index (χ0) is 18.9. The monoisotopic (exact) mass is 381 g/mol. The predicted octanol–water partition coefficient (Wildman–Crippen LogP) is 2.69. The van der Waals surface area contributed by atoms with Crippen LogP contribution in [0.3, 0.4) is 0 Å². The average molecular weight is 381 g/mol. The molecule has 0 radical (unpaired) electrons. The van der Waals surface area contributed by atoms with E-state index in [1.807, 2.05) is 0 Å². The quantitative estimate of drug-likeness (QED) is 0.783. The highest BCUT2D eigenvalue weighted by Gasteiger charge is 2.55. The Kier molecular flexibility index (Phi) is 5.17. The van der Waals surface area contributed by atoms with Crippen molar-refractivity contribution < 1.29 is 35.5 Å². The van der Waals surface area contributed by atoms with Crippen molar-refractivity contribution in [3.8, 4) is 0 Å². The number of nitrogens with one attached hydrogen (secondary N) is 1. The molecule has 0 fully saturated rings. The smallest absolute Gasteiger partial charge is 0.375 e. The van der Waals surface area contributed by atoms with Crippen molar-refractivity contribution in [3.05, 3.63) is 65.7 Å². The molecular formula is C15H12F5NO3S. The van der Waals surface area contributed by atoms with Crippen LogP contribution in [0.4, 0.5) is 22.0 Å². The maximum Gasteiger partial charge on any atom is 0.422 e. The molecular weight excluding hydrogens is 369 g/mol. The molecule has 4 nitrogen and oxygen atoms in total. The molecule has 0 amide bonds. The maximum absolute atomic E-state index is 13.6. The Bertz CT molecular complexity index is 835. The van der Waals surface area contributed by atoms with Crippen LogP contribution in [0.1, 0.15) is 5.56 Å². The van der Waals surface area contributed by atoms with E-state index in [9.17, 15) is 35.5 Å². The summed E-state index contributed by atoms with van der Waals surface area (Å²) in [6, 6.07) is 7.93. The summed E-state index contributed by atoms with van der Waals surface area (Å²) in [5.41, 5.74) is -4.21. The van der Waals surface area contributed by atoms with Crippen LogP contribution >= 0.6 is 0 Å². The highest BCUT2D eigenvalue weighted by Crippen LogP contribution is 2.38. The van der Waals surface area contributed by atoms with E-state index in [0.29, 0.717) is 12.1 Å². The molecule has 2 rings (SSSR count). The van der Waals surface area contributed by atoms with Gasteiger partial charge in [-0.25, -0.2) is 21.9 Å². The fraction of sp³-hybridized carbons (Fsp3) is 0.200. The van der Waals surface area contributed by atoms with E-state index >= 15 is 0 Å². The number of hydrogen-bond acceptors (Lipinski definition) is 3. The van der Waals surface area contributed by atoms with Gasteiger partial charge in [-0.15, -0.1) is 0 Å². The Morgan fingerprint density at radius 1 is 0.920 bits per heavy atom. The van der Waals surface area contributed by atoms with Gasteiger partial charge in [0.2, 0.25) is 10.0 Å². The normalized spacial score (nSPS) is 15.0. The first-order chi connectivity index (χ1) is 11.5. The number of aliphatic hydroxyl groups is 1. The van der Waals surface area contributed by atoms with Crippen LogP contribution in [0.2, 0.25) is 0 Å². The molecule has 136 valence electrons. The zero-order valence-electron chi connectivity index (χ0n) is 12.4. The summed E-state index contributed by atoms with van der Waals surface area (Å²) in [7, 11) is -4.98. The maximum atomic E-state index is 13.6. The minimum atomic E-state index is -5.25. The minimum Gasteiger partial charge on any atom is -0.375 e. The Morgan fingerprint density at radius 3 is 1.92 bits per heavy atom. The van der Waals surface area contributed by atoms with Crippen molar-refractivity contribution in [2.45, 2.75) is 16.7 Å². The van der Waals surface area contributed by atoms with Crippen LogP contribution in [0.15, 0.2) is 53.4 Å². The van der Waals surface area contributed by atoms with Crippen LogP contribution in [-0.2, 0) is 15.6 Å². The van der Waals surface area contributed by atoms with Crippen molar-refractivity contribution in [1.82, 2.24) is 4.72 Å². The molecule has 1 atom stereocenters. The second-order valence-corrected chi connectivity index (χ2v) is 6.80. The van der Waals surface area contributed by atoms with E-state index in [1.165, 1.54) is 22.9 Å². The summed E-state index contributed by atoms with van der Waals surface area (Å²) in [5, 5.41) is 10.0. The second kappa shape index (κ2) is 6.70. The van der Waals surface area contributed by atoms with Gasteiger partial charge in [0.05, 0.1) is 6.54 Å². The fourth-order valence-electron chi connectivity index (χ4n) is 2.09. The van der Waals surface area contributed by atoms with Crippen LogP contribution < -0.4 is 4.72 Å². The first kappa shape index (κ1) is 19.3. The number of alkyl halides is 3. The highest BCUT2D eigenvalue weighted by atomic mass is 32.2. The van der Waals surface area contributed by atoms with Crippen molar-refractivity contribution in [3.63, 3.8) is 0 Å². The van der Waals surface area contributed by atoms with E-state index in [2.05, 4.69) is 0 Å². The lowest BCUT2D eigenvalue weighted by molar-refractivity contribution is -0.263. The Labute approximate surface area is 140 Å². The van der Waals surface area contributed by atoms with Crippen molar-refractivity contribution in [2.24, 2.45) is 0 Å². The standard InChI is InChI=1S/C15H12F5NO3S/c16-11-7-4-8-12(17)13(11)25(23,24)21-9-14(22,15(18,19)20)10-5-2-1-3-6-10/h1-8,21-22H,9H2. The third-order valence-electron chi connectivity index (χ3n) is 3.43. The fourth-order valence-corrected chi connectivity index (χ4v) is 3.28. The molecule has 0 saturated heterocycles. The minimum absolute atomic E-state index is 0.626. The SMILES string of the molecule is O=S(=O)(NCC(O)(c1ccccc1)C(F)(F)F)c1c(F)cccc1F. The van der Waals surface area contributed by atoms with Gasteiger partial charge in [0, 0.05) is 0 Å². The number of benzene rings is 2. The number of hydrogen-bond donors (Lipinski definition) is 2. The van der Waals surface area contributed by atoms with Crippen LogP contribution in [0.25, 0.3) is 0 Å². The topological polar surface area (TPSA) is 66.4 Å². The largest absolute Gasteiger partial charge is 0.422 e. The molecule has 0 aliphatic rings. The van der Waals surface area contributed by atoms with Crippen LogP contribution in [0.5, 0.6) is 0 Å². The lowest BCUT2D eigenvalue weighted by atomic mass is 9.93. The van der Waals surface area contributed by atoms with Gasteiger partial charge in [-0.2, -0.15) is 13.2 Å². The number of rotatable bonds is 5. The van der Waals surface area contributed by atoms with Gasteiger partial charge in [-0.05, 0) is 17.7 Å². The Hall–Kier alpha value is -2.04. The Morgan fingerprint density at radius 2 is 1.44 bits per heavy atom. The van der Waals surface area contributed by atoms with Gasteiger partial charge in [0.1, 0.15) is 11.6 Å². The first-order valence-electron chi connectivity index (χ1n) is 6.77. The molecule has 0 aliphatic carbocycles. The summed E-state index contributed by atoms with van der Waals surface area (Å²) in [5.74, 6) is -2.94. The van der Waals surface area contributed by atoms with E-state index < -0.39 is 50.4 Å². The van der Waals surface area contributed by atoms with E-state index in [1.54, 1.807) is 0 Å². The number of halogens is 5. The second-order valence-electron chi connectivity index (χ2n) is 5.10. The molecule has 0 bridgehead atoms. The lowest BCUT2D eigenvalue weighted by Crippen LogP contribution is -2.51. The summed E-state index contributed by atoms with van der Waals surface area (Å²) < 4.78 is 92.5. The summed E-state index contributed by atoms with van der Waals surface area (Å²) in [4.78, 5) is -1.42. The van der Waals surface area contributed by atoms with Crippen molar-refractivity contribution in [1.29, 1.82) is 0 Å². The number of sulfonamides is 1. The van der Waals surface area contributed by atoms with E-state index in [-0.39, 0.29) is 0 Å². The molecule has 2 aromatic rings. The molecule has 0 heterocycles. The van der Waals surface area contributed by atoms with Gasteiger partial charge in [-0.1, -0.05) is 36.4 Å². The van der Waals surface area contributed by atoms with Gasteiger partial charge < -0.3 is 5.11 Å². The average Bonchev–Trinajstić information content (AvgIpc) is 2.52. The van der Waals surface area contributed by atoms with Crippen LogP contribution in [0, 0.1) is 11.6 Å². The molecule has 0 spiro atoms. The summed E-state index contributed by atoms with van der Waals surface area (Å²) >= 11 is 0. The molecule has 0 aliphatic heterocycles. The highest BCUT2D eigenvalue weighted by molar-refractivity contribution is 7.89. The third kappa shape index (κ3) is 3.80. The zero-order valence-corrected chi connectivity index (χ0v) is 13.2. The predicted molar refractivity (Wildman–Crippen MR) is 77.9 cm³/mol. The molecule has 2 aromatic carbocycles. The Balaban J connectivity index is 2.39. The van der Waals surface area contributed by atoms with Crippen molar-refractivity contribution >= 4 is 10.0 Å². The van der Waals surface area contributed by atoms with E-state index in [0.717, 1.165) is 18.2 Å². The van der Waals surface area contributed by atoms with E-state index in [4.69, 9.17) is 0 Å². The summed E-state index contributed by atoms with van der Waals surface area (Å²) in [6.07, 6.45) is -5.25. The van der Waals surface area contributed by atoms with Crippen LogP contribution in [-0.4, -0.2) is 26.2 Å². The van der Waals surface area contributed by atoms with Crippen molar-refractivity contribution in [2.75, 3.05) is 6.54 Å². The lowest BCUT2D eigenvalue weighted by Gasteiger charge is -2.31. The van der Waals surface area contributed by atoms with Gasteiger partial charge in [-0.3, -0.25) is 0 Å². The van der Waals surface area contributed by atoms with Gasteiger partial charge in [0.15, 0.2) is 10.5 Å². The summed E-state index contributed by atoms with van der Waals surface area (Å²) in [6.45, 7) is -1.56. The van der Waals surface area contributed by atoms with Gasteiger partial charge >= 0.3 is 6.18 Å². The molecule has 25 heavy (non-hydrogen) atoms. The molecule has 0 saturated carbocycles. The molecule has 10 heteroatoms. The molecule has 0 aromatic heterocycles. The molecule has 2 N–H and O–H groups in total. The van der Waals surface area contributed by atoms with Gasteiger partial charge in [0.25, 0.3) is 0 Å². The third-order valence-corrected chi connectivity index (χ3v) is 4.88.